The van der Waals surface area contributed by atoms with Crippen molar-refractivity contribution in [2.75, 3.05) is 20.1 Å². The Balaban J connectivity index is 2.55. The Hall–Kier alpha value is -1.49. The Morgan fingerprint density at radius 1 is 1.38 bits per heavy atom. The molecule has 0 aliphatic rings. The summed E-state index contributed by atoms with van der Waals surface area (Å²) in [6, 6.07) is 5.71. The second-order valence-corrected chi connectivity index (χ2v) is 3.56. The second kappa shape index (κ2) is 5.55. The number of aromatic hydroxyl groups is 1. The Kier molecular flexibility index (Phi) is 4.37. The maximum absolute atomic E-state index is 12.0. The first-order valence-corrected chi connectivity index (χ1v) is 4.78. The van der Waals surface area contributed by atoms with Gasteiger partial charge in [-0.2, -0.15) is 0 Å². The molecule has 0 saturated heterocycles. The minimum atomic E-state index is -2.45. The van der Waals surface area contributed by atoms with Crippen molar-refractivity contribution in [3.63, 3.8) is 0 Å². The summed E-state index contributed by atoms with van der Waals surface area (Å²) in [4.78, 5) is 12.8. The molecule has 0 aliphatic heterocycles. The van der Waals surface area contributed by atoms with E-state index in [1.54, 1.807) is 0 Å². The van der Waals surface area contributed by atoms with Gasteiger partial charge in [0.1, 0.15) is 5.75 Å². The number of phenols is 1. The number of phenolic OH excluding ortho intramolecular Hbond substituents is 1. The highest BCUT2D eigenvalue weighted by Gasteiger charge is 2.12. The van der Waals surface area contributed by atoms with Crippen molar-refractivity contribution >= 4 is 5.78 Å². The molecule has 0 amide bonds. The predicted octanol–water partition coefficient (Wildman–Crippen LogP) is 1.77. The Morgan fingerprint density at radius 3 is 2.44 bits per heavy atom. The van der Waals surface area contributed by atoms with Crippen LogP contribution in [0.15, 0.2) is 24.3 Å². The van der Waals surface area contributed by atoms with Crippen molar-refractivity contribution in [1.82, 2.24) is 4.90 Å². The summed E-state index contributed by atoms with van der Waals surface area (Å²) in [7, 11) is 1.46. The molecule has 16 heavy (non-hydrogen) atoms. The molecule has 0 spiro atoms. The van der Waals surface area contributed by atoms with Crippen LogP contribution >= 0.6 is 0 Å². The van der Waals surface area contributed by atoms with E-state index >= 15 is 0 Å². The summed E-state index contributed by atoms with van der Waals surface area (Å²) in [5.74, 6) is -0.180. The second-order valence-electron chi connectivity index (χ2n) is 3.56. The van der Waals surface area contributed by atoms with E-state index < -0.39 is 13.0 Å². The number of alkyl halides is 2. The van der Waals surface area contributed by atoms with Crippen LogP contribution in [0.25, 0.3) is 0 Å². The van der Waals surface area contributed by atoms with Gasteiger partial charge in [0.15, 0.2) is 5.78 Å². The number of carbonyl (C=O) groups excluding carboxylic acids is 1. The third-order valence-electron chi connectivity index (χ3n) is 2.05. The maximum atomic E-state index is 12.0. The number of hydrogen-bond acceptors (Lipinski definition) is 3. The average Bonchev–Trinajstić information content (AvgIpc) is 2.16. The zero-order valence-corrected chi connectivity index (χ0v) is 8.86. The lowest BCUT2D eigenvalue weighted by atomic mass is 10.1. The van der Waals surface area contributed by atoms with E-state index in [1.807, 2.05) is 0 Å². The molecule has 0 aliphatic carbocycles. The van der Waals surface area contributed by atoms with Gasteiger partial charge in [0, 0.05) is 5.56 Å². The van der Waals surface area contributed by atoms with Crippen molar-refractivity contribution in [3.05, 3.63) is 29.8 Å². The molecule has 0 unspecified atom stereocenters. The topological polar surface area (TPSA) is 40.5 Å². The Labute approximate surface area is 92.3 Å². The van der Waals surface area contributed by atoms with E-state index in [0.717, 1.165) is 0 Å². The molecule has 1 aromatic carbocycles. The standard InChI is InChI=1S/C11H13F2NO2/c1-14(7-11(12)13)6-10(16)8-2-4-9(15)5-3-8/h2-5,11,15H,6-7H2,1H3. The third-order valence-corrected chi connectivity index (χ3v) is 2.05. The van der Waals surface area contributed by atoms with Crippen molar-refractivity contribution in [2.24, 2.45) is 0 Å². The quantitative estimate of drug-likeness (QED) is 0.782. The van der Waals surface area contributed by atoms with Gasteiger partial charge in [0.25, 0.3) is 6.43 Å². The Morgan fingerprint density at radius 2 is 1.94 bits per heavy atom. The van der Waals surface area contributed by atoms with Gasteiger partial charge in [0.05, 0.1) is 13.1 Å². The molecule has 0 radical (unpaired) electrons. The van der Waals surface area contributed by atoms with E-state index in [0.29, 0.717) is 5.56 Å². The number of benzene rings is 1. The summed E-state index contributed by atoms with van der Waals surface area (Å²) in [5, 5.41) is 9.02. The maximum Gasteiger partial charge on any atom is 0.251 e. The SMILES string of the molecule is CN(CC(=O)c1ccc(O)cc1)CC(F)F. The van der Waals surface area contributed by atoms with E-state index in [4.69, 9.17) is 5.11 Å². The molecule has 0 saturated carbocycles. The number of carbonyl (C=O) groups is 1. The van der Waals surface area contributed by atoms with Gasteiger partial charge >= 0.3 is 0 Å². The molecule has 0 bridgehead atoms. The first-order valence-electron chi connectivity index (χ1n) is 4.78. The number of ketones is 1. The lowest BCUT2D eigenvalue weighted by Gasteiger charge is -2.14. The molecule has 88 valence electrons. The number of nitrogens with zero attached hydrogens (tertiary/aromatic N) is 1. The Bertz CT molecular complexity index is 352. The van der Waals surface area contributed by atoms with Crippen LogP contribution in [-0.4, -0.2) is 42.4 Å². The lowest BCUT2D eigenvalue weighted by molar-refractivity contribution is 0.0820. The van der Waals surface area contributed by atoms with Crippen LogP contribution in [0.5, 0.6) is 5.75 Å². The minimum Gasteiger partial charge on any atom is -0.508 e. The zero-order valence-electron chi connectivity index (χ0n) is 8.86. The van der Waals surface area contributed by atoms with Gasteiger partial charge in [-0.1, -0.05) is 0 Å². The predicted molar refractivity (Wildman–Crippen MR) is 55.9 cm³/mol. The number of halogens is 2. The van der Waals surface area contributed by atoms with E-state index in [9.17, 15) is 13.6 Å². The van der Waals surface area contributed by atoms with E-state index in [-0.39, 0.29) is 18.1 Å². The van der Waals surface area contributed by atoms with Crippen molar-refractivity contribution in [2.45, 2.75) is 6.43 Å². The summed E-state index contributed by atoms with van der Waals surface area (Å²) < 4.78 is 24.0. The monoisotopic (exact) mass is 229 g/mol. The van der Waals surface area contributed by atoms with Crippen LogP contribution in [0.1, 0.15) is 10.4 Å². The number of hydrogen-bond donors (Lipinski definition) is 1. The van der Waals surface area contributed by atoms with Gasteiger partial charge in [-0.3, -0.25) is 9.69 Å². The van der Waals surface area contributed by atoms with Gasteiger partial charge in [0.2, 0.25) is 0 Å². The summed E-state index contributed by atoms with van der Waals surface area (Å²) in [6.07, 6.45) is -2.45. The van der Waals surface area contributed by atoms with Crippen molar-refractivity contribution in [1.29, 1.82) is 0 Å². The first kappa shape index (κ1) is 12.6. The molecule has 0 heterocycles. The average molecular weight is 229 g/mol. The highest BCUT2D eigenvalue weighted by Crippen LogP contribution is 2.10. The molecule has 0 aromatic heterocycles. The number of rotatable bonds is 5. The fourth-order valence-electron chi connectivity index (χ4n) is 1.28. The summed E-state index contributed by atoms with van der Waals surface area (Å²) in [6.45, 7) is -0.487. The number of likely N-dealkylation sites (N-methyl/N-ethyl adjacent to an activating group) is 1. The molecule has 0 atom stereocenters. The van der Waals surface area contributed by atoms with Gasteiger partial charge in [-0.15, -0.1) is 0 Å². The molecule has 1 N–H and O–H groups in total. The fraction of sp³-hybridized carbons (Fsp3) is 0.364. The van der Waals surface area contributed by atoms with Crippen LogP contribution in [0.4, 0.5) is 8.78 Å². The summed E-state index contributed by atoms with van der Waals surface area (Å²) >= 11 is 0. The zero-order chi connectivity index (χ0) is 12.1. The first-order chi connectivity index (χ1) is 7.49. The van der Waals surface area contributed by atoms with Gasteiger partial charge < -0.3 is 5.11 Å². The fourth-order valence-corrected chi connectivity index (χ4v) is 1.28. The number of Topliss-reactive ketones (excluding diaryl/α,β-unsaturated/α-hetero) is 1. The minimum absolute atomic E-state index is 0.0604. The van der Waals surface area contributed by atoms with Crippen LogP contribution < -0.4 is 0 Å². The molecule has 1 rings (SSSR count). The van der Waals surface area contributed by atoms with Crippen LogP contribution in [0.2, 0.25) is 0 Å². The molecule has 3 nitrogen and oxygen atoms in total. The van der Waals surface area contributed by atoms with Gasteiger partial charge in [-0.05, 0) is 31.3 Å². The molecule has 5 heteroatoms. The van der Waals surface area contributed by atoms with Crippen LogP contribution in [-0.2, 0) is 0 Å². The smallest absolute Gasteiger partial charge is 0.251 e. The van der Waals surface area contributed by atoms with Gasteiger partial charge in [-0.25, -0.2) is 8.78 Å². The molecular weight excluding hydrogens is 216 g/mol. The lowest BCUT2D eigenvalue weighted by Crippen LogP contribution is -2.30. The highest BCUT2D eigenvalue weighted by atomic mass is 19.3. The van der Waals surface area contributed by atoms with E-state index in [1.165, 1.54) is 36.2 Å². The van der Waals surface area contributed by atoms with E-state index in [2.05, 4.69) is 0 Å². The molecule has 1 aromatic rings. The molecular formula is C11H13F2NO2. The normalized spacial score (nSPS) is 11.1. The highest BCUT2D eigenvalue weighted by molar-refractivity contribution is 5.97. The molecule has 0 fully saturated rings. The largest absolute Gasteiger partial charge is 0.508 e. The summed E-state index contributed by atoms with van der Waals surface area (Å²) in [5.41, 5.74) is 0.402. The van der Waals surface area contributed by atoms with Crippen LogP contribution in [0.3, 0.4) is 0 Å². The van der Waals surface area contributed by atoms with Crippen molar-refractivity contribution in [3.8, 4) is 5.75 Å². The third kappa shape index (κ3) is 3.94. The van der Waals surface area contributed by atoms with Crippen LogP contribution in [0, 0.1) is 0 Å². The van der Waals surface area contributed by atoms with Crippen molar-refractivity contribution < 1.29 is 18.7 Å².